The first kappa shape index (κ1) is 12.0. The van der Waals surface area contributed by atoms with Gasteiger partial charge in [-0.15, -0.1) is 0 Å². The van der Waals surface area contributed by atoms with Crippen molar-refractivity contribution in [3.8, 4) is 0 Å². The molecule has 0 radical (unpaired) electrons. The summed E-state index contributed by atoms with van der Waals surface area (Å²) in [5.41, 5.74) is 0. The van der Waals surface area contributed by atoms with Gasteiger partial charge in [-0.25, -0.2) is 0 Å². The van der Waals surface area contributed by atoms with Crippen molar-refractivity contribution in [2.75, 3.05) is 25.1 Å². The third kappa shape index (κ3) is 8.14. The van der Waals surface area contributed by atoms with Crippen LogP contribution in [-0.4, -0.2) is 30.2 Å². The minimum absolute atomic E-state index is 0.789. The topological polar surface area (TPSA) is 24.1 Å². The molecule has 0 saturated heterocycles. The molecular weight excluding hydrogens is 188 g/mol. The molecule has 0 bridgehead atoms. The van der Waals surface area contributed by atoms with Gasteiger partial charge in [0.2, 0.25) is 0 Å². The van der Waals surface area contributed by atoms with Crippen LogP contribution in [0.3, 0.4) is 0 Å². The van der Waals surface area contributed by atoms with E-state index < -0.39 is 0 Å². The highest BCUT2D eigenvalue weighted by atomic mass is 32.2. The molecule has 0 aliphatic rings. The summed E-state index contributed by atoms with van der Waals surface area (Å²) in [6.07, 6.45) is 4.49. The third-order valence-corrected chi connectivity index (χ3v) is 2.31. The van der Waals surface area contributed by atoms with E-state index in [9.17, 15) is 0 Å². The summed E-state index contributed by atoms with van der Waals surface area (Å²) in [4.78, 5) is 0. The van der Waals surface area contributed by atoms with Gasteiger partial charge in [0.1, 0.15) is 0 Å². The first-order valence-corrected chi connectivity index (χ1v) is 6.12. The molecule has 0 unspecified atom stereocenters. The van der Waals surface area contributed by atoms with Crippen LogP contribution in [0, 0.1) is 0 Å². The standard InChI is InChI=1S/C8H18N2S2/c1-3-4-5-9-8(11)10-6-7-12-2/h3-7H2,1-2H3,(H2,9,10,11). The van der Waals surface area contributed by atoms with E-state index in [2.05, 4.69) is 23.8 Å². The highest BCUT2D eigenvalue weighted by Crippen LogP contribution is 1.87. The Balaban J connectivity index is 3.10. The van der Waals surface area contributed by atoms with Gasteiger partial charge in [0.25, 0.3) is 0 Å². The second-order valence-corrected chi connectivity index (χ2v) is 3.92. The van der Waals surface area contributed by atoms with E-state index in [0.29, 0.717) is 0 Å². The maximum atomic E-state index is 5.05. The van der Waals surface area contributed by atoms with Crippen molar-refractivity contribution in [2.24, 2.45) is 0 Å². The number of thioether (sulfide) groups is 1. The Morgan fingerprint density at radius 2 is 2.00 bits per heavy atom. The molecule has 0 fully saturated rings. The number of hydrogen-bond acceptors (Lipinski definition) is 2. The molecule has 0 saturated carbocycles. The first-order valence-electron chi connectivity index (χ1n) is 4.32. The van der Waals surface area contributed by atoms with Gasteiger partial charge in [-0.2, -0.15) is 11.8 Å². The molecule has 0 aromatic carbocycles. The smallest absolute Gasteiger partial charge is 0.166 e. The monoisotopic (exact) mass is 206 g/mol. The lowest BCUT2D eigenvalue weighted by Gasteiger charge is -2.08. The summed E-state index contributed by atoms with van der Waals surface area (Å²) >= 11 is 6.87. The summed E-state index contributed by atoms with van der Waals surface area (Å²) in [6.45, 7) is 4.12. The SMILES string of the molecule is CCCCNC(=S)NCCSC. The molecule has 2 nitrogen and oxygen atoms in total. The quantitative estimate of drug-likeness (QED) is 0.509. The normalized spacial score (nSPS) is 9.50. The van der Waals surface area contributed by atoms with Gasteiger partial charge in [0.05, 0.1) is 0 Å². The maximum absolute atomic E-state index is 5.05. The summed E-state index contributed by atoms with van der Waals surface area (Å²) in [7, 11) is 0. The minimum Gasteiger partial charge on any atom is -0.363 e. The Hall–Kier alpha value is 0.0400. The van der Waals surface area contributed by atoms with E-state index in [1.54, 1.807) is 0 Å². The van der Waals surface area contributed by atoms with Crippen molar-refractivity contribution in [2.45, 2.75) is 19.8 Å². The molecule has 0 atom stereocenters. The van der Waals surface area contributed by atoms with Gasteiger partial charge in [-0.1, -0.05) is 13.3 Å². The number of unbranched alkanes of at least 4 members (excludes halogenated alkanes) is 1. The Morgan fingerprint density at radius 3 is 2.58 bits per heavy atom. The average Bonchev–Trinajstić information content (AvgIpc) is 2.06. The zero-order chi connectivity index (χ0) is 9.23. The predicted molar refractivity (Wildman–Crippen MR) is 61.9 cm³/mol. The molecular formula is C8H18N2S2. The van der Waals surface area contributed by atoms with Crippen LogP contribution >= 0.6 is 24.0 Å². The van der Waals surface area contributed by atoms with Crippen LogP contribution in [0.5, 0.6) is 0 Å². The zero-order valence-electron chi connectivity index (χ0n) is 7.85. The van der Waals surface area contributed by atoms with Crippen molar-refractivity contribution in [3.63, 3.8) is 0 Å². The Bertz CT molecular complexity index is 106. The molecule has 0 rings (SSSR count). The fourth-order valence-corrected chi connectivity index (χ4v) is 1.22. The molecule has 0 aromatic rings. The summed E-state index contributed by atoms with van der Waals surface area (Å²) in [6, 6.07) is 0. The van der Waals surface area contributed by atoms with Crippen LogP contribution in [0.1, 0.15) is 19.8 Å². The van der Waals surface area contributed by atoms with E-state index in [4.69, 9.17) is 12.2 Å². The van der Waals surface area contributed by atoms with Crippen LogP contribution in [-0.2, 0) is 0 Å². The first-order chi connectivity index (χ1) is 5.81. The van der Waals surface area contributed by atoms with Crippen LogP contribution in [0.25, 0.3) is 0 Å². The average molecular weight is 206 g/mol. The molecule has 2 N–H and O–H groups in total. The van der Waals surface area contributed by atoms with Crippen molar-refractivity contribution in [3.05, 3.63) is 0 Å². The molecule has 0 aromatic heterocycles. The molecule has 72 valence electrons. The molecule has 0 spiro atoms. The Morgan fingerprint density at radius 1 is 1.33 bits per heavy atom. The Labute approximate surface area is 84.9 Å². The fourth-order valence-electron chi connectivity index (χ4n) is 0.708. The highest BCUT2D eigenvalue weighted by molar-refractivity contribution is 7.98. The van der Waals surface area contributed by atoms with Crippen LogP contribution in [0.4, 0.5) is 0 Å². The van der Waals surface area contributed by atoms with Gasteiger partial charge in [0, 0.05) is 18.8 Å². The van der Waals surface area contributed by atoms with Crippen LogP contribution < -0.4 is 10.6 Å². The predicted octanol–water partition coefficient (Wildman–Crippen LogP) is 1.61. The van der Waals surface area contributed by atoms with Crippen LogP contribution in [0.15, 0.2) is 0 Å². The van der Waals surface area contributed by atoms with E-state index in [-0.39, 0.29) is 0 Å². The van der Waals surface area contributed by atoms with Gasteiger partial charge in [-0.05, 0) is 24.9 Å². The summed E-state index contributed by atoms with van der Waals surface area (Å²) < 4.78 is 0. The molecule has 12 heavy (non-hydrogen) atoms. The summed E-state index contributed by atoms with van der Waals surface area (Å²) in [5.74, 6) is 1.11. The van der Waals surface area contributed by atoms with Crippen molar-refractivity contribution in [1.29, 1.82) is 0 Å². The number of nitrogens with one attached hydrogen (secondary N) is 2. The van der Waals surface area contributed by atoms with E-state index in [0.717, 1.165) is 24.0 Å². The fraction of sp³-hybridized carbons (Fsp3) is 0.875. The van der Waals surface area contributed by atoms with Crippen LogP contribution in [0.2, 0.25) is 0 Å². The van der Waals surface area contributed by atoms with E-state index in [1.165, 1.54) is 12.8 Å². The van der Waals surface area contributed by atoms with Crippen molar-refractivity contribution < 1.29 is 0 Å². The lowest BCUT2D eigenvalue weighted by atomic mass is 10.3. The Kier molecular flexibility index (Phi) is 9.16. The van der Waals surface area contributed by atoms with E-state index in [1.807, 2.05) is 11.8 Å². The van der Waals surface area contributed by atoms with Gasteiger partial charge >= 0.3 is 0 Å². The van der Waals surface area contributed by atoms with E-state index >= 15 is 0 Å². The zero-order valence-corrected chi connectivity index (χ0v) is 9.49. The number of hydrogen-bond donors (Lipinski definition) is 2. The second-order valence-electron chi connectivity index (χ2n) is 2.53. The molecule has 4 heteroatoms. The molecule has 0 aliphatic heterocycles. The lowest BCUT2D eigenvalue weighted by Crippen LogP contribution is -2.36. The minimum atomic E-state index is 0.789. The molecule has 0 amide bonds. The lowest BCUT2D eigenvalue weighted by molar-refractivity contribution is 0.744. The maximum Gasteiger partial charge on any atom is 0.166 e. The van der Waals surface area contributed by atoms with Gasteiger partial charge in [-0.3, -0.25) is 0 Å². The highest BCUT2D eigenvalue weighted by Gasteiger charge is 1.91. The van der Waals surface area contributed by atoms with Gasteiger partial charge in [0.15, 0.2) is 5.11 Å². The third-order valence-electron chi connectivity index (χ3n) is 1.41. The number of rotatable bonds is 6. The number of thiocarbonyl (C=S) groups is 1. The second kappa shape index (κ2) is 9.13. The van der Waals surface area contributed by atoms with Gasteiger partial charge < -0.3 is 10.6 Å². The van der Waals surface area contributed by atoms with Crippen molar-refractivity contribution >= 4 is 29.1 Å². The molecule has 0 aliphatic carbocycles. The largest absolute Gasteiger partial charge is 0.363 e. The summed E-state index contributed by atoms with van der Waals surface area (Å²) in [5, 5.41) is 7.08. The van der Waals surface area contributed by atoms with Crippen molar-refractivity contribution in [1.82, 2.24) is 10.6 Å². The molecule has 0 heterocycles.